The molecule has 23 heavy (non-hydrogen) atoms. The topological polar surface area (TPSA) is 23.5 Å². The summed E-state index contributed by atoms with van der Waals surface area (Å²) in [5.74, 6) is 6.27. The van der Waals surface area contributed by atoms with Gasteiger partial charge in [-0.1, -0.05) is 65.9 Å². The smallest absolute Gasteiger partial charge is 0.176 e. The summed E-state index contributed by atoms with van der Waals surface area (Å²) in [7, 11) is 0. The molecule has 3 rings (SSSR count). The van der Waals surface area contributed by atoms with Crippen LogP contribution in [0.3, 0.4) is 0 Å². The van der Waals surface area contributed by atoms with E-state index in [1.54, 1.807) is 12.1 Å². The normalized spacial score (nSPS) is 17.3. The average Bonchev–Trinajstić information content (AvgIpc) is 3.09. The predicted molar refractivity (Wildman–Crippen MR) is 94.3 cm³/mol. The zero-order valence-electron chi connectivity index (χ0n) is 13.0. The molecular weight excluding hydrogens is 306 g/mol. The fourth-order valence-electron chi connectivity index (χ4n) is 2.90. The van der Waals surface area contributed by atoms with E-state index in [0.717, 1.165) is 24.2 Å². The van der Waals surface area contributed by atoms with E-state index in [1.165, 1.54) is 12.8 Å². The van der Waals surface area contributed by atoms with Gasteiger partial charge in [0.15, 0.2) is 5.60 Å². The quantitative estimate of drug-likeness (QED) is 0.870. The Morgan fingerprint density at radius 3 is 2.22 bits per heavy atom. The highest BCUT2D eigenvalue weighted by molar-refractivity contribution is 6.30. The van der Waals surface area contributed by atoms with Crippen molar-refractivity contribution < 1.29 is 5.11 Å². The summed E-state index contributed by atoms with van der Waals surface area (Å²) in [5, 5.41) is 11.9. The van der Waals surface area contributed by atoms with Crippen LogP contribution in [0, 0.1) is 11.8 Å². The number of benzene rings is 2. The maximum absolute atomic E-state index is 11.3. The van der Waals surface area contributed by atoms with Gasteiger partial charge < -0.3 is 5.11 Å². The van der Waals surface area contributed by atoms with E-state index in [4.69, 9.17) is 11.6 Å². The molecule has 3 heteroatoms. The van der Waals surface area contributed by atoms with Crippen LogP contribution in [0.2, 0.25) is 5.02 Å². The Morgan fingerprint density at radius 2 is 1.57 bits per heavy atom. The molecule has 118 valence electrons. The molecular formula is C20H20ClNO. The molecule has 0 saturated carbocycles. The number of nitrogens with zero attached hydrogens (tertiary/aromatic N) is 1. The van der Waals surface area contributed by atoms with E-state index in [9.17, 15) is 5.11 Å². The Balaban J connectivity index is 1.93. The Kier molecular flexibility index (Phi) is 5.03. The van der Waals surface area contributed by atoms with Crippen LogP contribution in [-0.4, -0.2) is 29.6 Å². The molecule has 2 nitrogen and oxygen atoms in total. The molecule has 1 atom stereocenters. The summed E-state index contributed by atoms with van der Waals surface area (Å²) in [6, 6.07) is 16.8. The first-order chi connectivity index (χ1) is 11.2. The van der Waals surface area contributed by atoms with E-state index in [1.807, 2.05) is 42.5 Å². The van der Waals surface area contributed by atoms with Crippen molar-refractivity contribution in [3.05, 3.63) is 70.7 Å². The van der Waals surface area contributed by atoms with Gasteiger partial charge >= 0.3 is 0 Å². The van der Waals surface area contributed by atoms with Crippen LogP contribution >= 0.6 is 11.6 Å². The number of halogens is 1. The van der Waals surface area contributed by atoms with Gasteiger partial charge in [0.2, 0.25) is 0 Å². The molecule has 1 heterocycles. The van der Waals surface area contributed by atoms with Crippen molar-refractivity contribution in [3.8, 4) is 11.8 Å². The van der Waals surface area contributed by atoms with Crippen LogP contribution in [0.15, 0.2) is 54.6 Å². The molecule has 1 aliphatic rings. The van der Waals surface area contributed by atoms with Gasteiger partial charge in [-0.3, -0.25) is 4.90 Å². The maximum atomic E-state index is 11.3. The summed E-state index contributed by atoms with van der Waals surface area (Å²) in [4.78, 5) is 2.32. The van der Waals surface area contributed by atoms with Crippen molar-refractivity contribution in [1.82, 2.24) is 4.90 Å². The highest BCUT2D eigenvalue weighted by Gasteiger charge is 2.29. The minimum absolute atomic E-state index is 0.647. The van der Waals surface area contributed by atoms with Crippen LogP contribution in [0.4, 0.5) is 0 Å². The molecule has 0 bridgehead atoms. The molecule has 1 aliphatic heterocycles. The number of hydrogen-bond donors (Lipinski definition) is 1. The van der Waals surface area contributed by atoms with E-state index in [-0.39, 0.29) is 0 Å². The Labute approximate surface area is 142 Å². The fourth-order valence-corrected chi connectivity index (χ4v) is 3.03. The van der Waals surface area contributed by atoms with Gasteiger partial charge in [-0.05, 0) is 38.1 Å². The van der Waals surface area contributed by atoms with Crippen LogP contribution < -0.4 is 0 Å². The Hall–Kier alpha value is -1.79. The van der Waals surface area contributed by atoms with Crippen molar-refractivity contribution >= 4 is 11.6 Å². The van der Waals surface area contributed by atoms with Crippen molar-refractivity contribution in [1.29, 1.82) is 0 Å². The van der Waals surface area contributed by atoms with Crippen molar-refractivity contribution in [2.75, 3.05) is 19.6 Å². The first kappa shape index (κ1) is 16.1. The molecule has 2 aromatic carbocycles. The van der Waals surface area contributed by atoms with Crippen LogP contribution in [-0.2, 0) is 5.60 Å². The van der Waals surface area contributed by atoms with Gasteiger partial charge in [0.05, 0.1) is 6.54 Å². The Bertz CT molecular complexity index is 696. The third kappa shape index (κ3) is 3.76. The molecule has 0 aromatic heterocycles. The molecule has 1 N–H and O–H groups in total. The van der Waals surface area contributed by atoms with E-state index >= 15 is 0 Å². The molecule has 1 unspecified atom stereocenters. The molecule has 0 spiro atoms. The summed E-state index contributed by atoms with van der Waals surface area (Å²) in [6.07, 6.45) is 2.48. The van der Waals surface area contributed by atoms with Gasteiger partial charge in [0, 0.05) is 16.1 Å². The second-order valence-corrected chi connectivity index (χ2v) is 6.30. The zero-order chi connectivity index (χ0) is 16.1. The third-order valence-electron chi connectivity index (χ3n) is 4.22. The molecule has 1 saturated heterocycles. The zero-order valence-corrected chi connectivity index (χ0v) is 13.8. The van der Waals surface area contributed by atoms with Crippen LogP contribution in [0.25, 0.3) is 0 Å². The number of rotatable bonds is 3. The van der Waals surface area contributed by atoms with Crippen molar-refractivity contribution in [3.63, 3.8) is 0 Å². The lowest BCUT2D eigenvalue weighted by atomic mass is 9.87. The van der Waals surface area contributed by atoms with Crippen LogP contribution in [0.1, 0.15) is 24.0 Å². The largest absolute Gasteiger partial charge is 0.369 e. The number of hydrogen-bond acceptors (Lipinski definition) is 2. The minimum atomic E-state index is -1.31. The van der Waals surface area contributed by atoms with Gasteiger partial charge in [0.25, 0.3) is 0 Å². The van der Waals surface area contributed by atoms with Gasteiger partial charge in [-0.25, -0.2) is 0 Å². The lowest BCUT2D eigenvalue weighted by molar-refractivity contribution is 0.145. The summed E-state index contributed by atoms with van der Waals surface area (Å²) in [6.45, 7) is 2.89. The average molecular weight is 326 g/mol. The Morgan fingerprint density at radius 1 is 0.957 bits per heavy atom. The van der Waals surface area contributed by atoms with E-state index < -0.39 is 5.60 Å². The molecule has 0 aliphatic carbocycles. The van der Waals surface area contributed by atoms with Gasteiger partial charge in [-0.2, -0.15) is 0 Å². The second-order valence-electron chi connectivity index (χ2n) is 5.87. The third-order valence-corrected chi connectivity index (χ3v) is 4.48. The van der Waals surface area contributed by atoms with E-state index in [2.05, 4.69) is 16.7 Å². The minimum Gasteiger partial charge on any atom is -0.369 e. The summed E-state index contributed by atoms with van der Waals surface area (Å²) < 4.78 is 0. The van der Waals surface area contributed by atoms with E-state index in [0.29, 0.717) is 11.6 Å². The highest BCUT2D eigenvalue weighted by Crippen LogP contribution is 2.29. The second kappa shape index (κ2) is 7.19. The first-order valence-electron chi connectivity index (χ1n) is 7.95. The lowest BCUT2D eigenvalue weighted by Gasteiger charge is -2.24. The molecule has 0 radical (unpaired) electrons. The maximum Gasteiger partial charge on any atom is 0.176 e. The molecule has 0 amide bonds. The number of aliphatic hydroxyl groups is 1. The SMILES string of the molecule is OC(C#CCN1CCCC1)(c1ccccc1)c1ccc(Cl)cc1. The number of likely N-dealkylation sites (tertiary alicyclic amines) is 1. The van der Waals surface area contributed by atoms with Gasteiger partial charge in [-0.15, -0.1) is 0 Å². The molecule has 2 aromatic rings. The monoisotopic (exact) mass is 325 g/mol. The van der Waals surface area contributed by atoms with Gasteiger partial charge in [0.1, 0.15) is 0 Å². The van der Waals surface area contributed by atoms with Crippen molar-refractivity contribution in [2.45, 2.75) is 18.4 Å². The standard InChI is InChI=1S/C20H20ClNO/c21-19-11-9-18(10-12-19)20(23,17-7-2-1-3-8-17)13-6-16-22-14-4-5-15-22/h1-3,7-12,23H,4-5,14-16H2. The molecule has 1 fully saturated rings. The fraction of sp³-hybridized carbons (Fsp3) is 0.300. The van der Waals surface area contributed by atoms with Crippen molar-refractivity contribution in [2.24, 2.45) is 0 Å². The highest BCUT2D eigenvalue weighted by atomic mass is 35.5. The summed E-state index contributed by atoms with van der Waals surface area (Å²) >= 11 is 5.97. The predicted octanol–water partition coefficient (Wildman–Crippen LogP) is 3.68. The first-order valence-corrected chi connectivity index (χ1v) is 8.32. The van der Waals surface area contributed by atoms with Crippen LogP contribution in [0.5, 0.6) is 0 Å². The summed E-state index contributed by atoms with van der Waals surface area (Å²) in [5.41, 5.74) is 0.198. The lowest BCUT2D eigenvalue weighted by Crippen LogP contribution is -2.26.